The van der Waals surface area contributed by atoms with Crippen LogP contribution in [0.4, 0.5) is 5.82 Å². The quantitative estimate of drug-likeness (QED) is 0.612. The summed E-state index contributed by atoms with van der Waals surface area (Å²) in [5, 5.41) is 0.676. The van der Waals surface area contributed by atoms with Crippen molar-refractivity contribution in [1.29, 1.82) is 0 Å². The van der Waals surface area contributed by atoms with Crippen LogP contribution in [-0.4, -0.2) is 39.3 Å². The Morgan fingerprint density at radius 1 is 1.43 bits per heavy atom. The van der Waals surface area contributed by atoms with Crippen molar-refractivity contribution in [3.05, 3.63) is 18.1 Å². The summed E-state index contributed by atoms with van der Waals surface area (Å²) in [5.41, 5.74) is 12.3. The minimum absolute atomic E-state index is 0.188. The molecule has 1 fully saturated rings. The normalized spacial score (nSPS) is 22.1. The molecule has 0 saturated carbocycles. The van der Waals surface area contributed by atoms with E-state index < -0.39 is 5.41 Å². The Morgan fingerprint density at radius 2 is 2.18 bits per heavy atom. The minimum atomic E-state index is -0.566. The van der Waals surface area contributed by atoms with Gasteiger partial charge in [0.1, 0.15) is 30.1 Å². The number of nitrogen functional groups attached to an aromatic ring is 1. The highest BCUT2D eigenvalue weighted by Gasteiger charge is 2.40. The summed E-state index contributed by atoms with van der Waals surface area (Å²) in [6, 6.07) is 0. The number of fused-ring (bicyclic) bond motifs is 1. The van der Waals surface area contributed by atoms with Crippen LogP contribution in [0, 0.1) is 17.3 Å². The van der Waals surface area contributed by atoms with E-state index in [9.17, 15) is 4.79 Å². The number of carbonyl (C=O) groups is 1. The average Bonchev–Trinajstić information content (AvgIpc) is 3.21. The predicted molar refractivity (Wildman–Crippen MR) is 106 cm³/mol. The van der Waals surface area contributed by atoms with Crippen LogP contribution in [0.5, 0.6) is 0 Å². The third-order valence-electron chi connectivity index (χ3n) is 4.73. The second-order valence-electron chi connectivity index (χ2n) is 7.88. The molecule has 0 amide bonds. The van der Waals surface area contributed by atoms with Gasteiger partial charge in [0.25, 0.3) is 0 Å². The van der Waals surface area contributed by atoms with Crippen LogP contribution >= 0.6 is 0 Å². The maximum Gasteiger partial charge on any atom is 0.311 e. The first kappa shape index (κ1) is 20.1. The van der Waals surface area contributed by atoms with Crippen molar-refractivity contribution in [1.82, 2.24) is 14.5 Å². The lowest BCUT2D eigenvalue weighted by atomic mass is 9.97. The molecule has 1 aliphatic heterocycles. The van der Waals surface area contributed by atoms with Gasteiger partial charge >= 0.3 is 5.97 Å². The number of nitrogens with two attached hydrogens (primary N) is 2. The van der Waals surface area contributed by atoms with E-state index in [1.807, 2.05) is 38.5 Å². The molecule has 0 aliphatic carbocycles. The summed E-state index contributed by atoms with van der Waals surface area (Å²) in [6.45, 7) is 7.77. The molecule has 8 heteroatoms. The first-order valence-corrected chi connectivity index (χ1v) is 9.42. The molecule has 0 aromatic carbocycles. The van der Waals surface area contributed by atoms with Gasteiger partial charge in [-0.1, -0.05) is 18.8 Å². The van der Waals surface area contributed by atoms with Crippen molar-refractivity contribution in [2.45, 2.75) is 59.0 Å². The van der Waals surface area contributed by atoms with Gasteiger partial charge in [-0.05, 0) is 27.2 Å². The van der Waals surface area contributed by atoms with E-state index in [1.165, 1.54) is 6.33 Å². The van der Waals surface area contributed by atoms with Crippen molar-refractivity contribution in [2.24, 2.45) is 11.1 Å². The minimum Gasteiger partial charge on any atom is -0.459 e. The predicted octanol–water partition coefficient (Wildman–Crippen LogP) is 1.98. The largest absolute Gasteiger partial charge is 0.459 e. The number of hydrogen-bond acceptors (Lipinski definition) is 7. The molecule has 0 spiro atoms. The zero-order valence-electron chi connectivity index (χ0n) is 16.7. The molecule has 3 heterocycles. The van der Waals surface area contributed by atoms with Crippen LogP contribution in [0.15, 0.2) is 12.5 Å². The highest BCUT2D eigenvalue weighted by Crippen LogP contribution is 2.37. The van der Waals surface area contributed by atoms with E-state index in [4.69, 9.17) is 20.9 Å². The van der Waals surface area contributed by atoms with Gasteiger partial charge in [-0.25, -0.2) is 9.97 Å². The molecule has 3 rings (SSSR count). The van der Waals surface area contributed by atoms with Crippen molar-refractivity contribution in [3.8, 4) is 11.8 Å². The SMILES string of the molecule is CC[C@H]1O[C@@H](n2cc(C#CCN)c3c(N)ncnc32)C[C@@H]1OC(=O)C(C)(C)C. The van der Waals surface area contributed by atoms with Crippen molar-refractivity contribution in [2.75, 3.05) is 12.3 Å². The number of esters is 1. The first-order valence-electron chi connectivity index (χ1n) is 9.42. The Kier molecular flexibility index (Phi) is 5.59. The second-order valence-corrected chi connectivity index (χ2v) is 7.88. The fourth-order valence-electron chi connectivity index (χ4n) is 3.24. The number of carbonyl (C=O) groups excluding carboxylic acids is 1. The first-order chi connectivity index (χ1) is 13.3. The summed E-state index contributed by atoms with van der Waals surface area (Å²) < 4.78 is 13.8. The molecule has 1 aliphatic rings. The lowest BCUT2D eigenvalue weighted by molar-refractivity contribution is -0.161. The molecule has 0 radical (unpaired) electrons. The summed E-state index contributed by atoms with van der Waals surface area (Å²) in [7, 11) is 0. The molecule has 150 valence electrons. The van der Waals surface area contributed by atoms with Crippen LogP contribution in [-0.2, 0) is 14.3 Å². The van der Waals surface area contributed by atoms with E-state index in [-0.39, 0.29) is 30.9 Å². The fraction of sp³-hybridized carbons (Fsp3) is 0.550. The van der Waals surface area contributed by atoms with Gasteiger partial charge in [-0.2, -0.15) is 0 Å². The van der Waals surface area contributed by atoms with Gasteiger partial charge in [0.2, 0.25) is 0 Å². The molecule has 0 bridgehead atoms. The zero-order valence-corrected chi connectivity index (χ0v) is 16.7. The van der Waals surface area contributed by atoms with Crippen LogP contribution in [0.2, 0.25) is 0 Å². The zero-order chi connectivity index (χ0) is 20.5. The van der Waals surface area contributed by atoms with E-state index in [2.05, 4.69) is 21.8 Å². The summed E-state index contributed by atoms with van der Waals surface area (Å²) >= 11 is 0. The Bertz CT molecular complexity index is 935. The molecule has 1 saturated heterocycles. The molecule has 2 aromatic rings. The van der Waals surface area contributed by atoms with Crippen LogP contribution in [0.1, 0.15) is 52.3 Å². The molecule has 8 nitrogen and oxygen atoms in total. The summed E-state index contributed by atoms with van der Waals surface area (Å²) in [4.78, 5) is 20.8. The Morgan fingerprint density at radius 3 is 2.82 bits per heavy atom. The number of anilines is 1. The maximum atomic E-state index is 12.4. The standard InChI is InChI=1S/C20H27N5O3/c1-5-13-14(28-19(26)20(2,3)4)9-15(27-13)25-10-12(7-6-8-21)16-17(22)23-11-24-18(16)25/h10-11,13-15H,5,8-9,21H2,1-4H3,(H2,22,23,24)/t13-,14+,15-/m1/s1. The molecular weight excluding hydrogens is 358 g/mol. The third kappa shape index (κ3) is 3.81. The summed E-state index contributed by atoms with van der Waals surface area (Å²) in [6.07, 6.45) is 3.67. The molecule has 2 aromatic heterocycles. The van der Waals surface area contributed by atoms with Gasteiger partial charge in [-0.15, -0.1) is 0 Å². The van der Waals surface area contributed by atoms with Crippen LogP contribution in [0.25, 0.3) is 11.0 Å². The molecule has 3 atom stereocenters. The van der Waals surface area contributed by atoms with Gasteiger partial charge in [0.05, 0.1) is 29.0 Å². The average molecular weight is 385 g/mol. The monoisotopic (exact) mass is 385 g/mol. The number of ether oxygens (including phenoxy) is 2. The Balaban J connectivity index is 1.95. The van der Waals surface area contributed by atoms with E-state index in [0.717, 1.165) is 6.42 Å². The molecule has 28 heavy (non-hydrogen) atoms. The topological polar surface area (TPSA) is 118 Å². The van der Waals surface area contributed by atoms with E-state index in [0.29, 0.717) is 28.8 Å². The number of hydrogen-bond donors (Lipinski definition) is 2. The highest BCUT2D eigenvalue weighted by atomic mass is 16.6. The van der Waals surface area contributed by atoms with Crippen molar-refractivity contribution in [3.63, 3.8) is 0 Å². The van der Waals surface area contributed by atoms with Gasteiger partial charge in [0, 0.05) is 12.6 Å². The van der Waals surface area contributed by atoms with E-state index in [1.54, 1.807) is 0 Å². The molecule has 0 unspecified atom stereocenters. The number of nitrogens with zero attached hydrogens (tertiary/aromatic N) is 3. The lowest BCUT2D eigenvalue weighted by Gasteiger charge is -2.22. The third-order valence-corrected chi connectivity index (χ3v) is 4.73. The van der Waals surface area contributed by atoms with E-state index >= 15 is 0 Å². The maximum absolute atomic E-state index is 12.4. The van der Waals surface area contributed by atoms with Crippen LogP contribution in [0.3, 0.4) is 0 Å². The molecular formula is C20H27N5O3. The lowest BCUT2D eigenvalue weighted by Crippen LogP contribution is -2.32. The van der Waals surface area contributed by atoms with Crippen molar-refractivity contribution < 1.29 is 14.3 Å². The smallest absolute Gasteiger partial charge is 0.311 e. The highest BCUT2D eigenvalue weighted by molar-refractivity contribution is 5.92. The number of aromatic nitrogens is 3. The van der Waals surface area contributed by atoms with Gasteiger partial charge < -0.3 is 25.5 Å². The molecule has 4 N–H and O–H groups in total. The van der Waals surface area contributed by atoms with Gasteiger partial charge in [-0.3, -0.25) is 4.79 Å². The summed E-state index contributed by atoms with van der Waals surface area (Å²) in [5.74, 6) is 5.98. The Hall–Kier alpha value is -2.63. The Labute approximate surface area is 164 Å². The van der Waals surface area contributed by atoms with Crippen LogP contribution < -0.4 is 11.5 Å². The number of rotatable bonds is 3. The van der Waals surface area contributed by atoms with Gasteiger partial charge in [0.15, 0.2) is 0 Å². The second kappa shape index (κ2) is 7.78. The van der Waals surface area contributed by atoms with Crippen molar-refractivity contribution >= 4 is 22.8 Å². The fourth-order valence-corrected chi connectivity index (χ4v) is 3.24.